The number of hydrogen-bond acceptors (Lipinski definition) is 3. The van der Waals surface area contributed by atoms with Crippen LogP contribution in [0.5, 0.6) is 5.75 Å². The maximum absolute atomic E-state index is 11.1. The number of rotatable bonds is 5. The summed E-state index contributed by atoms with van der Waals surface area (Å²) in [4.78, 5) is 10.2. The molecule has 2 heterocycles. The van der Waals surface area contributed by atoms with E-state index in [1.807, 2.05) is 18.3 Å². The third kappa shape index (κ3) is 6.59. The number of aryl methyl sites for hydroxylation is 1. The molecule has 0 spiro atoms. The Hall–Kier alpha value is -3.49. The van der Waals surface area contributed by atoms with Gasteiger partial charge in [-0.1, -0.05) is 109 Å². The van der Waals surface area contributed by atoms with Gasteiger partial charge in [0.2, 0.25) is 0 Å². The van der Waals surface area contributed by atoms with Gasteiger partial charge < -0.3 is 9.67 Å². The van der Waals surface area contributed by atoms with Crippen LogP contribution in [0, 0.1) is 0 Å². The lowest BCUT2D eigenvalue weighted by molar-refractivity contribution is 0.475. The Morgan fingerprint density at radius 3 is 1.87 bits per heavy atom. The van der Waals surface area contributed by atoms with Gasteiger partial charge in [0.25, 0.3) is 0 Å². The zero-order chi connectivity index (χ0) is 33.3. The number of imidazole rings is 1. The summed E-state index contributed by atoms with van der Waals surface area (Å²) in [6.07, 6.45) is 1.97. The largest absolute Gasteiger partial charge is 0.507 e. The van der Waals surface area contributed by atoms with Crippen LogP contribution in [0.3, 0.4) is 0 Å². The third-order valence-corrected chi connectivity index (χ3v) is 13.1. The highest BCUT2D eigenvalue weighted by atomic mass is 28.3. The maximum atomic E-state index is 11.1. The molecule has 236 valence electrons. The van der Waals surface area contributed by atoms with Gasteiger partial charge in [-0.2, -0.15) is 0 Å². The molecule has 0 aliphatic rings. The number of aromatic hydroxyl groups is 1. The number of nitrogens with zero attached hydrogens (tertiary/aromatic N) is 3. The van der Waals surface area contributed by atoms with Crippen molar-refractivity contribution in [2.45, 2.75) is 91.7 Å². The quantitative estimate of drug-likeness (QED) is 0.196. The molecule has 0 atom stereocenters. The second-order valence-electron chi connectivity index (χ2n) is 16.8. The predicted molar refractivity (Wildman–Crippen MR) is 200 cm³/mol. The van der Waals surface area contributed by atoms with Gasteiger partial charge in [-0.3, -0.25) is 4.98 Å². The summed E-state index contributed by atoms with van der Waals surface area (Å²) >= 11 is 0. The van der Waals surface area contributed by atoms with Crippen LogP contribution < -0.4 is 10.4 Å². The van der Waals surface area contributed by atoms with Crippen LogP contribution in [-0.2, 0) is 17.9 Å². The molecule has 0 amide bonds. The van der Waals surface area contributed by atoms with Crippen molar-refractivity contribution in [1.29, 1.82) is 0 Å². The molecule has 4 nitrogen and oxygen atoms in total. The van der Waals surface area contributed by atoms with Gasteiger partial charge in [-0.15, -0.1) is 0 Å². The highest BCUT2D eigenvalue weighted by molar-refractivity contribution is 6.89. The molecule has 0 saturated carbocycles. The summed E-state index contributed by atoms with van der Waals surface area (Å²) in [5.41, 5.74) is 9.58. The first-order valence-electron chi connectivity index (χ1n) is 16.1. The fourth-order valence-corrected chi connectivity index (χ4v) is 8.07. The van der Waals surface area contributed by atoms with Gasteiger partial charge in [-0.25, -0.2) is 4.98 Å². The average molecular weight is 634 g/mol. The van der Waals surface area contributed by atoms with Crippen LogP contribution in [0.15, 0.2) is 66.9 Å². The van der Waals surface area contributed by atoms with E-state index in [1.54, 1.807) is 0 Å². The SMILES string of the molecule is Cn1c(-c2cc(C(C)(C)C)ccc2O)nc2c(-c3cc(-c4cc([Si](C)(C)C)ccn4)cc(C(C)(C)C)c3)cc([Si](C)(C)C)cc21. The average Bonchev–Trinajstić information content (AvgIpc) is 3.26. The Balaban J connectivity index is 1.83. The van der Waals surface area contributed by atoms with Crippen molar-refractivity contribution in [1.82, 2.24) is 14.5 Å². The zero-order valence-electron chi connectivity index (χ0n) is 29.6. The predicted octanol–water partition coefficient (Wildman–Crippen LogP) is 9.36. The van der Waals surface area contributed by atoms with Gasteiger partial charge in [-0.05, 0) is 70.0 Å². The van der Waals surface area contributed by atoms with Gasteiger partial charge in [0.1, 0.15) is 11.6 Å². The van der Waals surface area contributed by atoms with Crippen molar-refractivity contribution in [3.63, 3.8) is 0 Å². The molecule has 45 heavy (non-hydrogen) atoms. The van der Waals surface area contributed by atoms with Crippen LogP contribution in [0.2, 0.25) is 39.3 Å². The van der Waals surface area contributed by atoms with E-state index < -0.39 is 16.1 Å². The summed E-state index contributed by atoms with van der Waals surface area (Å²) in [7, 11) is -1.14. The first-order chi connectivity index (χ1) is 20.6. The monoisotopic (exact) mass is 633 g/mol. The summed E-state index contributed by atoms with van der Waals surface area (Å²) < 4.78 is 2.16. The molecule has 0 radical (unpaired) electrons. The van der Waals surface area contributed by atoms with Crippen LogP contribution >= 0.6 is 0 Å². The topological polar surface area (TPSA) is 50.9 Å². The highest BCUT2D eigenvalue weighted by Crippen LogP contribution is 2.39. The molecule has 3 aromatic carbocycles. The van der Waals surface area contributed by atoms with Gasteiger partial charge in [0.05, 0.1) is 38.4 Å². The first-order valence-corrected chi connectivity index (χ1v) is 23.1. The number of pyridine rings is 1. The van der Waals surface area contributed by atoms with Crippen molar-refractivity contribution in [2.75, 3.05) is 0 Å². The standard InChI is InChI=1S/C39H51N3OSi2/c1-38(2,3)27-14-15-35(43)32(21-27)37-41-36-31(22-30(45(11,12)13)24-34(36)42(37)7)25-18-26(20-28(19-25)39(4,5)6)33-23-29(16-17-40-33)44(8,9)10/h14-24,43H,1-13H3. The Bertz CT molecular complexity index is 1910. The van der Waals surface area contributed by atoms with Crippen molar-refractivity contribution in [3.8, 4) is 39.5 Å². The molecule has 0 fully saturated rings. The minimum Gasteiger partial charge on any atom is -0.507 e. The van der Waals surface area contributed by atoms with Crippen LogP contribution in [0.4, 0.5) is 0 Å². The first kappa shape index (κ1) is 32.9. The van der Waals surface area contributed by atoms with Gasteiger partial charge in [0, 0.05) is 24.4 Å². The smallest absolute Gasteiger partial charge is 0.144 e. The maximum Gasteiger partial charge on any atom is 0.144 e. The van der Waals surface area contributed by atoms with Crippen LogP contribution in [-0.4, -0.2) is 35.8 Å². The highest BCUT2D eigenvalue weighted by Gasteiger charge is 2.26. The fourth-order valence-electron chi connectivity index (χ4n) is 5.78. The van der Waals surface area contributed by atoms with E-state index in [9.17, 15) is 5.11 Å². The number of aromatic nitrogens is 3. The van der Waals surface area contributed by atoms with Gasteiger partial charge in [0.15, 0.2) is 0 Å². The van der Waals surface area contributed by atoms with Crippen molar-refractivity contribution < 1.29 is 5.11 Å². The van der Waals surface area contributed by atoms with E-state index in [1.165, 1.54) is 21.5 Å². The molecule has 0 saturated heterocycles. The molecule has 0 unspecified atom stereocenters. The molecule has 5 rings (SSSR count). The Labute approximate surface area is 272 Å². The molecule has 5 aromatic rings. The molecule has 1 N–H and O–H groups in total. The molecule has 0 aliphatic carbocycles. The van der Waals surface area contributed by atoms with Crippen molar-refractivity contribution >= 4 is 37.6 Å². The van der Waals surface area contributed by atoms with Crippen LogP contribution in [0.25, 0.3) is 44.8 Å². The molecular formula is C39H51N3OSi2. The van der Waals surface area contributed by atoms with Gasteiger partial charge >= 0.3 is 0 Å². The number of hydrogen-bond donors (Lipinski definition) is 1. The van der Waals surface area contributed by atoms with Crippen LogP contribution in [0.1, 0.15) is 52.7 Å². The molecular weight excluding hydrogens is 583 g/mol. The lowest BCUT2D eigenvalue weighted by Gasteiger charge is -2.23. The summed E-state index contributed by atoms with van der Waals surface area (Å²) in [6, 6.07) is 22.1. The fraction of sp³-hybridized carbons (Fsp3) is 0.385. The molecule has 2 aromatic heterocycles. The van der Waals surface area contributed by atoms with E-state index >= 15 is 0 Å². The van der Waals surface area contributed by atoms with E-state index in [2.05, 4.69) is 141 Å². The number of benzene rings is 3. The lowest BCUT2D eigenvalue weighted by atomic mass is 9.83. The van der Waals surface area contributed by atoms with E-state index in [4.69, 9.17) is 9.97 Å². The second kappa shape index (κ2) is 11.1. The summed E-state index contributed by atoms with van der Waals surface area (Å²) in [6.45, 7) is 27.8. The van der Waals surface area contributed by atoms with Crippen molar-refractivity contribution in [2.24, 2.45) is 7.05 Å². The van der Waals surface area contributed by atoms with E-state index in [0.29, 0.717) is 0 Å². The number of fused-ring (bicyclic) bond motifs is 1. The number of phenolic OH excluding ortho intramolecular Hbond substituents is 1. The number of phenols is 1. The molecule has 0 bridgehead atoms. The summed E-state index contributed by atoms with van der Waals surface area (Å²) in [5, 5.41) is 13.9. The Morgan fingerprint density at radius 2 is 1.27 bits per heavy atom. The van der Waals surface area contributed by atoms with Crippen molar-refractivity contribution in [3.05, 3.63) is 78.0 Å². The molecule has 0 aliphatic heterocycles. The normalized spacial score (nSPS) is 13.1. The zero-order valence-corrected chi connectivity index (χ0v) is 31.6. The second-order valence-corrected chi connectivity index (χ2v) is 27.0. The molecule has 6 heteroatoms. The summed E-state index contributed by atoms with van der Waals surface area (Å²) in [5.74, 6) is 1.03. The third-order valence-electron chi connectivity index (χ3n) is 8.99. The minimum atomic E-state index is -1.71. The lowest BCUT2D eigenvalue weighted by Crippen LogP contribution is -2.37. The minimum absolute atomic E-state index is 0.0478. The Morgan fingerprint density at radius 1 is 0.644 bits per heavy atom. The van der Waals surface area contributed by atoms with E-state index in [-0.39, 0.29) is 16.6 Å². The Kier molecular flexibility index (Phi) is 8.11. The van der Waals surface area contributed by atoms with E-state index in [0.717, 1.165) is 44.8 Å².